The molecule has 0 saturated heterocycles. The third-order valence-corrected chi connectivity index (χ3v) is 3.23. The summed E-state index contributed by atoms with van der Waals surface area (Å²) in [5.74, 6) is 0.638. The lowest BCUT2D eigenvalue weighted by molar-refractivity contribution is -0.141. The Morgan fingerprint density at radius 3 is 2.89 bits per heavy atom. The number of fused-ring (bicyclic) bond motifs is 3. The largest absolute Gasteiger partial charge is 0.493 e. The lowest BCUT2D eigenvalue weighted by Crippen LogP contribution is -2.12. The maximum Gasteiger partial charge on any atom is 0.435 e. The van der Waals surface area contributed by atoms with Crippen LogP contribution in [-0.2, 0) is 19.0 Å². The number of pyridine rings is 1. The summed E-state index contributed by atoms with van der Waals surface area (Å²) in [5.41, 5.74) is 6.03. The third-order valence-electron chi connectivity index (χ3n) is 3.23. The molecule has 2 N–H and O–H groups in total. The van der Waals surface area contributed by atoms with Gasteiger partial charge in [0.25, 0.3) is 0 Å². The summed E-state index contributed by atoms with van der Waals surface area (Å²) < 4.78 is 45.7. The van der Waals surface area contributed by atoms with Crippen molar-refractivity contribution in [3.05, 3.63) is 29.1 Å². The van der Waals surface area contributed by atoms with Crippen LogP contribution in [-0.4, -0.2) is 22.8 Å². The zero-order chi connectivity index (χ0) is 13.6. The first-order valence-corrected chi connectivity index (χ1v) is 5.95. The van der Waals surface area contributed by atoms with E-state index >= 15 is 0 Å². The van der Waals surface area contributed by atoms with E-state index in [0.29, 0.717) is 24.3 Å². The fraction of sp³-hybridized carbons (Fsp3) is 0.417. The average Bonchev–Trinajstić information content (AvgIpc) is 2.91. The van der Waals surface area contributed by atoms with Crippen LogP contribution in [0.3, 0.4) is 0 Å². The Labute approximate surface area is 107 Å². The first kappa shape index (κ1) is 12.3. The van der Waals surface area contributed by atoms with Gasteiger partial charge in [-0.3, -0.25) is 0 Å². The Balaban J connectivity index is 2.32. The quantitative estimate of drug-likeness (QED) is 0.906. The van der Waals surface area contributed by atoms with Gasteiger partial charge in [-0.2, -0.15) is 18.3 Å². The summed E-state index contributed by atoms with van der Waals surface area (Å²) in [7, 11) is 0. The molecule has 19 heavy (non-hydrogen) atoms. The van der Waals surface area contributed by atoms with Crippen molar-refractivity contribution >= 4 is 5.52 Å². The number of halogens is 3. The maximum atomic E-state index is 13.0. The Morgan fingerprint density at radius 1 is 1.42 bits per heavy atom. The van der Waals surface area contributed by atoms with Crippen LogP contribution in [0.4, 0.5) is 13.2 Å². The van der Waals surface area contributed by atoms with Crippen LogP contribution < -0.4 is 10.5 Å². The van der Waals surface area contributed by atoms with E-state index in [1.54, 1.807) is 6.07 Å². The minimum absolute atomic E-state index is 0.148. The van der Waals surface area contributed by atoms with E-state index in [-0.39, 0.29) is 18.5 Å². The predicted octanol–water partition coefficient (Wildman–Crippen LogP) is 1.79. The minimum atomic E-state index is -4.47. The zero-order valence-corrected chi connectivity index (χ0v) is 10.00. The van der Waals surface area contributed by atoms with Crippen molar-refractivity contribution in [3.8, 4) is 5.75 Å². The molecule has 0 aliphatic carbocycles. The first-order valence-electron chi connectivity index (χ1n) is 5.95. The number of rotatable bonds is 2. The number of alkyl halides is 3. The standard InChI is InChI=1S/C12H12F3N3O/c13-12(14,15)11-8(1-4-16)10-7-3-6-19-9(7)2-5-18(10)17-11/h2,5H,1,3-4,6,16H2. The molecule has 0 aromatic carbocycles. The Kier molecular flexibility index (Phi) is 2.67. The van der Waals surface area contributed by atoms with E-state index in [9.17, 15) is 13.2 Å². The van der Waals surface area contributed by atoms with Gasteiger partial charge < -0.3 is 10.5 Å². The molecule has 0 bridgehead atoms. The van der Waals surface area contributed by atoms with Gasteiger partial charge in [0.15, 0.2) is 5.69 Å². The number of nitrogens with two attached hydrogens (primary N) is 1. The van der Waals surface area contributed by atoms with Gasteiger partial charge in [0.2, 0.25) is 0 Å². The summed E-state index contributed by atoms with van der Waals surface area (Å²) >= 11 is 0. The van der Waals surface area contributed by atoms with E-state index in [1.165, 1.54) is 10.7 Å². The molecule has 0 spiro atoms. The van der Waals surface area contributed by atoms with Gasteiger partial charge in [0.1, 0.15) is 5.75 Å². The summed E-state index contributed by atoms with van der Waals surface area (Å²) in [6.07, 6.45) is -2.23. The first-order chi connectivity index (χ1) is 9.02. The Morgan fingerprint density at radius 2 is 2.21 bits per heavy atom. The van der Waals surface area contributed by atoms with Gasteiger partial charge in [-0.15, -0.1) is 0 Å². The van der Waals surface area contributed by atoms with Gasteiger partial charge in [-0.1, -0.05) is 0 Å². The van der Waals surface area contributed by atoms with E-state index in [0.717, 1.165) is 5.56 Å². The SMILES string of the molecule is NCCc1c(C(F)(F)F)nn2ccc3c(c12)CCO3. The summed E-state index contributed by atoms with van der Waals surface area (Å²) in [6.45, 7) is 0.637. The van der Waals surface area contributed by atoms with Gasteiger partial charge in [0, 0.05) is 23.7 Å². The van der Waals surface area contributed by atoms with E-state index < -0.39 is 11.9 Å². The number of nitrogens with zero attached hydrogens (tertiary/aromatic N) is 2. The average molecular weight is 271 g/mol. The van der Waals surface area contributed by atoms with Crippen LogP contribution in [0.5, 0.6) is 5.75 Å². The molecule has 0 radical (unpaired) electrons. The second-order valence-corrected chi connectivity index (χ2v) is 4.41. The molecule has 102 valence electrons. The molecule has 0 unspecified atom stereocenters. The second-order valence-electron chi connectivity index (χ2n) is 4.41. The smallest absolute Gasteiger partial charge is 0.435 e. The maximum absolute atomic E-state index is 13.0. The van der Waals surface area contributed by atoms with Crippen molar-refractivity contribution in [1.29, 1.82) is 0 Å². The number of ether oxygens (including phenoxy) is 1. The lowest BCUT2D eigenvalue weighted by atomic mass is 10.0. The highest BCUT2D eigenvalue weighted by Gasteiger charge is 2.38. The fourth-order valence-corrected chi connectivity index (χ4v) is 2.50. The van der Waals surface area contributed by atoms with Crippen LogP contribution in [0.25, 0.3) is 5.52 Å². The van der Waals surface area contributed by atoms with Crippen molar-refractivity contribution in [2.24, 2.45) is 5.73 Å². The van der Waals surface area contributed by atoms with E-state index in [1.807, 2.05) is 0 Å². The summed E-state index contributed by atoms with van der Waals surface area (Å²) in [4.78, 5) is 0. The highest BCUT2D eigenvalue weighted by atomic mass is 19.4. The monoisotopic (exact) mass is 271 g/mol. The van der Waals surface area contributed by atoms with Crippen molar-refractivity contribution < 1.29 is 17.9 Å². The fourth-order valence-electron chi connectivity index (χ4n) is 2.50. The van der Waals surface area contributed by atoms with Gasteiger partial charge in [0.05, 0.1) is 12.1 Å². The Hall–Kier alpha value is -1.76. The molecule has 3 heterocycles. The second kappa shape index (κ2) is 4.12. The van der Waals surface area contributed by atoms with Gasteiger partial charge in [-0.25, -0.2) is 4.52 Å². The minimum Gasteiger partial charge on any atom is -0.493 e. The highest BCUT2D eigenvalue weighted by Crippen LogP contribution is 2.37. The van der Waals surface area contributed by atoms with Crippen molar-refractivity contribution in [3.63, 3.8) is 0 Å². The molecule has 0 saturated carbocycles. The molecule has 0 fully saturated rings. The molecular formula is C12H12F3N3O. The Bertz CT molecular complexity index is 633. The molecular weight excluding hydrogens is 259 g/mol. The van der Waals surface area contributed by atoms with Crippen LogP contribution in [0.2, 0.25) is 0 Å². The zero-order valence-electron chi connectivity index (χ0n) is 10.00. The number of aromatic nitrogens is 2. The lowest BCUT2D eigenvalue weighted by Gasteiger charge is -2.06. The molecule has 2 aromatic heterocycles. The topological polar surface area (TPSA) is 52.5 Å². The molecule has 2 aromatic rings. The van der Waals surface area contributed by atoms with E-state index in [4.69, 9.17) is 10.5 Å². The number of hydrogen-bond donors (Lipinski definition) is 1. The molecule has 0 amide bonds. The number of hydrogen-bond acceptors (Lipinski definition) is 3. The summed E-state index contributed by atoms with van der Waals surface area (Å²) in [6, 6.07) is 1.65. The van der Waals surface area contributed by atoms with Gasteiger partial charge in [-0.05, 0) is 19.0 Å². The molecule has 0 atom stereocenters. The van der Waals surface area contributed by atoms with Crippen LogP contribution >= 0.6 is 0 Å². The summed E-state index contributed by atoms with van der Waals surface area (Å²) in [5, 5.41) is 3.66. The van der Waals surface area contributed by atoms with Crippen molar-refractivity contribution in [2.45, 2.75) is 19.0 Å². The predicted molar refractivity (Wildman–Crippen MR) is 62.2 cm³/mol. The molecule has 4 nitrogen and oxygen atoms in total. The normalized spacial score (nSPS) is 14.7. The van der Waals surface area contributed by atoms with Crippen molar-refractivity contribution in [2.75, 3.05) is 13.2 Å². The third kappa shape index (κ3) is 1.85. The van der Waals surface area contributed by atoms with Crippen molar-refractivity contribution in [1.82, 2.24) is 9.61 Å². The van der Waals surface area contributed by atoms with E-state index in [2.05, 4.69) is 5.10 Å². The van der Waals surface area contributed by atoms with Gasteiger partial charge >= 0.3 is 6.18 Å². The van der Waals surface area contributed by atoms with Crippen LogP contribution in [0.1, 0.15) is 16.8 Å². The molecule has 1 aliphatic rings. The highest BCUT2D eigenvalue weighted by molar-refractivity contribution is 5.68. The van der Waals surface area contributed by atoms with Crippen LogP contribution in [0.15, 0.2) is 12.3 Å². The molecule has 3 rings (SSSR count). The molecule has 1 aliphatic heterocycles. The van der Waals surface area contributed by atoms with Crippen LogP contribution in [0, 0.1) is 0 Å². The molecule has 7 heteroatoms.